The first kappa shape index (κ1) is 8.60. The molecule has 3 nitrogen and oxygen atoms in total. The first-order valence-electron chi connectivity index (χ1n) is 5.10. The van der Waals surface area contributed by atoms with Crippen LogP contribution in [0, 0.1) is 6.92 Å². The maximum absolute atomic E-state index is 4.36. The van der Waals surface area contributed by atoms with Gasteiger partial charge in [-0.15, -0.1) is 0 Å². The summed E-state index contributed by atoms with van der Waals surface area (Å²) in [7, 11) is 0. The second-order valence-corrected chi connectivity index (χ2v) is 3.74. The normalized spacial score (nSPS) is 17.1. The predicted octanol–water partition coefficient (Wildman–Crippen LogP) is 2.18. The standard InChI is InChI=1S/C10H17N3/c1-3-13-8(2)7-11-10(13)12-9-5-4-6-9/h7,9H,3-6H2,1-2H3,(H,11,12). The van der Waals surface area contributed by atoms with E-state index in [0.717, 1.165) is 12.5 Å². The molecule has 1 heterocycles. The largest absolute Gasteiger partial charge is 0.353 e. The van der Waals surface area contributed by atoms with Gasteiger partial charge in [0.05, 0.1) is 6.20 Å². The lowest BCUT2D eigenvalue weighted by molar-refractivity contribution is 0.441. The van der Waals surface area contributed by atoms with Crippen molar-refractivity contribution < 1.29 is 0 Å². The molecule has 0 amide bonds. The molecule has 0 saturated heterocycles. The molecule has 0 radical (unpaired) electrons. The van der Waals surface area contributed by atoms with Gasteiger partial charge < -0.3 is 9.88 Å². The summed E-state index contributed by atoms with van der Waals surface area (Å²) < 4.78 is 2.22. The number of aromatic nitrogens is 2. The molecule has 13 heavy (non-hydrogen) atoms. The SMILES string of the molecule is CCn1c(C)cnc1NC1CCC1. The zero-order valence-corrected chi connectivity index (χ0v) is 8.38. The maximum Gasteiger partial charge on any atom is 0.203 e. The summed E-state index contributed by atoms with van der Waals surface area (Å²) in [6, 6.07) is 0.673. The number of aryl methyl sites for hydroxylation is 1. The van der Waals surface area contributed by atoms with Crippen LogP contribution in [0.3, 0.4) is 0 Å². The minimum absolute atomic E-state index is 0.673. The van der Waals surface area contributed by atoms with E-state index in [0.29, 0.717) is 6.04 Å². The van der Waals surface area contributed by atoms with Gasteiger partial charge in [0.2, 0.25) is 5.95 Å². The second-order valence-electron chi connectivity index (χ2n) is 3.74. The third kappa shape index (κ3) is 1.55. The average Bonchev–Trinajstić information content (AvgIpc) is 2.39. The fourth-order valence-corrected chi connectivity index (χ4v) is 1.71. The van der Waals surface area contributed by atoms with Gasteiger partial charge in [-0.05, 0) is 33.1 Å². The van der Waals surface area contributed by atoms with Crippen LogP contribution in [-0.4, -0.2) is 15.6 Å². The topological polar surface area (TPSA) is 29.9 Å². The second kappa shape index (κ2) is 3.40. The molecule has 2 rings (SSSR count). The molecule has 1 N–H and O–H groups in total. The summed E-state index contributed by atoms with van der Waals surface area (Å²) in [6.45, 7) is 5.25. The molecule has 1 aromatic heterocycles. The van der Waals surface area contributed by atoms with Crippen LogP contribution in [0.5, 0.6) is 0 Å². The highest BCUT2D eigenvalue weighted by Gasteiger charge is 2.18. The first-order valence-corrected chi connectivity index (χ1v) is 5.10. The molecule has 0 aliphatic heterocycles. The van der Waals surface area contributed by atoms with E-state index >= 15 is 0 Å². The van der Waals surface area contributed by atoms with Crippen LogP contribution in [0.25, 0.3) is 0 Å². The molecule has 1 aromatic rings. The van der Waals surface area contributed by atoms with Gasteiger partial charge in [-0.25, -0.2) is 4.98 Å². The average molecular weight is 179 g/mol. The van der Waals surface area contributed by atoms with E-state index in [2.05, 4.69) is 28.7 Å². The van der Waals surface area contributed by atoms with E-state index in [-0.39, 0.29) is 0 Å². The van der Waals surface area contributed by atoms with Crippen molar-refractivity contribution in [3.8, 4) is 0 Å². The van der Waals surface area contributed by atoms with Gasteiger partial charge in [0.15, 0.2) is 0 Å². The van der Waals surface area contributed by atoms with E-state index in [4.69, 9.17) is 0 Å². The summed E-state index contributed by atoms with van der Waals surface area (Å²) in [4.78, 5) is 4.36. The number of hydrogen-bond acceptors (Lipinski definition) is 2. The van der Waals surface area contributed by atoms with Gasteiger partial charge in [0.25, 0.3) is 0 Å². The minimum atomic E-state index is 0.673. The molecule has 72 valence electrons. The first-order chi connectivity index (χ1) is 6.31. The number of hydrogen-bond donors (Lipinski definition) is 1. The lowest BCUT2D eigenvalue weighted by Gasteiger charge is -2.27. The van der Waals surface area contributed by atoms with Gasteiger partial charge >= 0.3 is 0 Å². The van der Waals surface area contributed by atoms with E-state index in [1.165, 1.54) is 25.0 Å². The highest BCUT2D eigenvalue weighted by molar-refractivity contribution is 5.31. The molecule has 1 aliphatic rings. The molecule has 1 fully saturated rings. The summed E-state index contributed by atoms with van der Waals surface area (Å²) >= 11 is 0. The fourth-order valence-electron chi connectivity index (χ4n) is 1.71. The van der Waals surface area contributed by atoms with Gasteiger partial charge in [-0.3, -0.25) is 0 Å². The van der Waals surface area contributed by atoms with Crippen molar-refractivity contribution in [1.29, 1.82) is 0 Å². The third-order valence-corrected chi connectivity index (χ3v) is 2.81. The Kier molecular flexibility index (Phi) is 2.25. The van der Waals surface area contributed by atoms with Crippen molar-refractivity contribution >= 4 is 5.95 Å². The summed E-state index contributed by atoms with van der Waals surface area (Å²) in [5.41, 5.74) is 1.24. The van der Waals surface area contributed by atoms with Crippen LogP contribution in [-0.2, 0) is 6.54 Å². The summed E-state index contributed by atoms with van der Waals surface area (Å²) in [5.74, 6) is 1.05. The Morgan fingerprint density at radius 3 is 2.92 bits per heavy atom. The van der Waals surface area contributed by atoms with E-state index < -0.39 is 0 Å². The molecule has 0 aromatic carbocycles. The molecule has 0 unspecified atom stereocenters. The Hall–Kier alpha value is -0.990. The molecule has 0 atom stereocenters. The van der Waals surface area contributed by atoms with Crippen molar-refractivity contribution in [2.24, 2.45) is 0 Å². The minimum Gasteiger partial charge on any atom is -0.353 e. The zero-order valence-electron chi connectivity index (χ0n) is 8.38. The van der Waals surface area contributed by atoms with E-state index in [9.17, 15) is 0 Å². The number of imidazole rings is 1. The van der Waals surface area contributed by atoms with Gasteiger partial charge in [-0.2, -0.15) is 0 Å². The Labute approximate surface area is 79.2 Å². The molecule has 3 heteroatoms. The van der Waals surface area contributed by atoms with E-state index in [1.54, 1.807) is 0 Å². The predicted molar refractivity (Wildman–Crippen MR) is 53.9 cm³/mol. The van der Waals surface area contributed by atoms with Gasteiger partial charge in [-0.1, -0.05) is 0 Å². The number of nitrogens with zero attached hydrogens (tertiary/aromatic N) is 2. The molecule has 1 aliphatic carbocycles. The quantitative estimate of drug-likeness (QED) is 0.770. The van der Waals surface area contributed by atoms with Crippen molar-refractivity contribution in [3.05, 3.63) is 11.9 Å². The molecule has 0 spiro atoms. The Morgan fingerprint density at radius 1 is 1.62 bits per heavy atom. The fraction of sp³-hybridized carbons (Fsp3) is 0.700. The van der Waals surface area contributed by atoms with Gasteiger partial charge in [0.1, 0.15) is 0 Å². The number of rotatable bonds is 3. The molecular weight excluding hydrogens is 162 g/mol. The monoisotopic (exact) mass is 179 g/mol. The highest BCUT2D eigenvalue weighted by Crippen LogP contribution is 2.22. The molecule has 0 bridgehead atoms. The van der Waals surface area contributed by atoms with Crippen molar-refractivity contribution in [1.82, 2.24) is 9.55 Å². The van der Waals surface area contributed by atoms with Crippen molar-refractivity contribution in [2.75, 3.05) is 5.32 Å². The van der Waals surface area contributed by atoms with Crippen LogP contribution < -0.4 is 5.32 Å². The van der Waals surface area contributed by atoms with Crippen LogP contribution in [0.15, 0.2) is 6.20 Å². The Morgan fingerprint density at radius 2 is 2.38 bits per heavy atom. The van der Waals surface area contributed by atoms with Gasteiger partial charge in [0, 0.05) is 18.3 Å². The van der Waals surface area contributed by atoms with Crippen LogP contribution >= 0.6 is 0 Å². The van der Waals surface area contributed by atoms with Crippen molar-refractivity contribution in [2.45, 2.75) is 45.7 Å². The van der Waals surface area contributed by atoms with Crippen molar-refractivity contribution in [3.63, 3.8) is 0 Å². The molecule has 1 saturated carbocycles. The number of nitrogens with one attached hydrogen (secondary N) is 1. The number of anilines is 1. The maximum atomic E-state index is 4.36. The highest BCUT2D eigenvalue weighted by atomic mass is 15.2. The Bertz CT molecular complexity index is 286. The van der Waals surface area contributed by atoms with Crippen LogP contribution in [0.2, 0.25) is 0 Å². The zero-order chi connectivity index (χ0) is 9.26. The molecular formula is C10H17N3. The Balaban J connectivity index is 2.09. The summed E-state index contributed by atoms with van der Waals surface area (Å²) in [6.07, 6.45) is 5.90. The lowest BCUT2D eigenvalue weighted by atomic mass is 9.93. The van der Waals surface area contributed by atoms with E-state index in [1.807, 2.05) is 6.20 Å². The lowest BCUT2D eigenvalue weighted by Crippen LogP contribution is -2.28. The van der Waals surface area contributed by atoms with Crippen LogP contribution in [0.1, 0.15) is 31.9 Å². The smallest absolute Gasteiger partial charge is 0.203 e. The van der Waals surface area contributed by atoms with Crippen LogP contribution in [0.4, 0.5) is 5.95 Å². The third-order valence-electron chi connectivity index (χ3n) is 2.81. The summed E-state index contributed by atoms with van der Waals surface area (Å²) in [5, 5.41) is 3.47.